The van der Waals surface area contributed by atoms with Gasteiger partial charge in [0, 0.05) is 0 Å². The Morgan fingerprint density at radius 2 is 1.50 bits per heavy atom. The maximum atomic E-state index is 13.2. The van der Waals surface area contributed by atoms with Gasteiger partial charge in [-0.2, -0.15) is 9.65 Å². The molecule has 0 heterocycles. The molecule has 0 aromatic heterocycles. The minimum Gasteiger partial charge on any atom is -0.195 e. The van der Waals surface area contributed by atoms with Gasteiger partial charge in [-0.25, -0.2) is 0 Å². The van der Waals surface area contributed by atoms with Crippen molar-refractivity contribution in [2.75, 3.05) is 0 Å². The molecular formula is C28H40FN. The largest absolute Gasteiger partial charge is 0.196 e. The zero-order valence-corrected chi connectivity index (χ0v) is 18.9. The van der Waals surface area contributed by atoms with Crippen LogP contribution < -0.4 is 0 Å². The molecule has 2 saturated carbocycles. The lowest BCUT2D eigenvalue weighted by atomic mass is 9.68. The number of aryl methyl sites for hydroxylation is 1. The number of rotatable bonds is 9. The van der Waals surface area contributed by atoms with Crippen LogP contribution in [0.25, 0.3) is 0 Å². The highest BCUT2D eigenvalue weighted by Crippen LogP contribution is 2.44. The third-order valence-corrected chi connectivity index (χ3v) is 7.76. The van der Waals surface area contributed by atoms with Gasteiger partial charge in [0.25, 0.3) is 0 Å². The summed E-state index contributed by atoms with van der Waals surface area (Å²) in [4.78, 5) is 0. The summed E-state index contributed by atoms with van der Waals surface area (Å²) in [6, 6.07) is 11.2. The molecule has 1 nitrogen and oxygen atoms in total. The van der Waals surface area contributed by atoms with Crippen LogP contribution in [0.5, 0.6) is 0 Å². The fourth-order valence-electron chi connectivity index (χ4n) is 5.84. The van der Waals surface area contributed by atoms with Crippen molar-refractivity contribution in [3.8, 4) is 6.07 Å². The van der Waals surface area contributed by atoms with E-state index in [1.807, 2.05) is 0 Å². The quantitative estimate of drug-likeness (QED) is 0.296. The van der Waals surface area contributed by atoms with Crippen LogP contribution in [0.3, 0.4) is 0 Å². The van der Waals surface area contributed by atoms with Crippen LogP contribution in [-0.4, -0.2) is 0 Å². The summed E-state index contributed by atoms with van der Waals surface area (Å²) in [6.07, 6.45) is 19.4. The maximum absolute atomic E-state index is 13.2. The van der Waals surface area contributed by atoms with Crippen molar-refractivity contribution in [2.24, 2.45) is 17.8 Å². The average molecular weight is 410 g/mol. The van der Waals surface area contributed by atoms with Crippen molar-refractivity contribution in [1.82, 2.24) is 0 Å². The van der Waals surface area contributed by atoms with Gasteiger partial charge in [0.15, 0.2) is 5.83 Å². The molecule has 0 radical (unpaired) electrons. The predicted molar refractivity (Wildman–Crippen MR) is 124 cm³/mol. The first-order valence-electron chi connectivity index (χ1n) is 12.6. The third-order valence-electron chi connectivity index (χ3n) is 7.76. The van der Waals surface area contributed by atoms with Gasteiger partial charge in [0.1, 0.15) is 6.07 Å². The molecule has 2 heteroatoms. The van der Waals surface area contributed by atoms with Gasteiger partial charge < -0.3 is 0 Å². The number of nitrogens with zero attached hydrogens (tertiary/aromatic N) is 1. The molecule has 0 amide bonds. The van der Waals surface area contributed by atoms with Crippen LogP contribution in [0.1, 0.15) is 107 Å². The molecule has 30 heavy (non-hydrogen) atoms. The van der Waals surface area contributed by atoms with Gasteiger partial charge in [0.2, 0.25) is 0 Å². The second kappa shape index (κ2) is 12.3. The molecule has 0 unspecified atom stereocenters. The first-order valence-corrected chi connectivity index (χ1v) is 12.6. The lowest BCUT2D eigenvalue weighted by molar-refractivity contribution is 0.171. The standard InChI is InChI=1S/C28H40FN/c1-2-3-4-5-6-7-22-8-12-24(13-9-22)26-16-18-27(19-17-26)25-14-10-23(11-15-25)20-28(29)21-30/h8-9,12-13,20,23,25-27H,2-7,10-11,14-19H2,1H3/b28-20+/t23?,25?,26-,27-. The topological polar surface area (TPSA) is 23.8 Å². The average Bonchev–Trinajstić information content (AvgIpc) is 2.80. The van der Waals surface area contributed by atoms with Crippen molar-refractivity contribution < 1.29 is 4.39 Å². The third kappa shape index (κ3) is 6.97. The van der Waals surface area contributed by atoms with Gasteiger partial charge >= 0.3 is 0 Å². The van der Waals surface area contributed by atoms with Crippen LogP contribution >= 0.6 is 0 Å². The Morgan fingerprint density at radius 3 is 2.10 bits per heavy atom. The lowest BCUT2D eigenvalue weighted by Gasteiger charge is -2.37. The van der Waals surface area contributed by atoms with Crippen molar-refractivity contribution in [3.05, 3.63) is 47.3 Å². The molecule has 2 aliphatic carbocycles. The molecule has 0 atom stereocenters. The summed E-state index contributed by atoms with van der Waals surface area (Å²) in [6.45, 7) is 2.27. The van der Waals surface area contributed by atoms with Crippen molar-refractivity contribution >= 4 is 0 Å². The molecule has 0 spiro atoms. The first-order chi connectivity index (χ1) is 14.7. The second-order valence-corrected chi connectivity index (χ2v) is 9.82. The Labute approximate surface area is 183 Å². The predicted octanol–water partition coefficient (Wildman–Crippen LogP) is 8.66. The summed E-state index contributed by atoms with van der Waals surface area (Å²) < 4.78 is 13.2. The SMILES string of the molecule is CCCCCCCc1ccc([C@H]2CC[C@H](C3CCC(/C=C(/F)C#N)CC3)CC2)cc1. The van der Waals surface area contributed by atoms with Gasteiger partial charge in [-0.15, -0.1) is 0 Å². The number of halogens is 1. The highest BCUT2D eigenvalue weighted by Gasteiger charge is 2.31. The lowest BCUT2D eigenvalue weighted by Crippen LogP contribution is -2.25. The molecule has 0 bridgehead atoms. The Hall–Kier alpha value is -1.62. The van der Waals surface area contributed by atoms with Crippen LogP contribution in [0, 0.1) is 29.1 Å². The Morgan fingerprint density at radius 1 is 0.900 bits per heavy atom. The smallest absolute Gasteiger partial charge is 0.195 e. The van der Waals surface area contributed by atoms with E-state index in [0.717, 1.165) is 30.6 Å². The number of benzene rings is 1. The maximum Gasteiger partial charge on any atom is 0.196 e. The monoisotopic (exact) mass is 409 g/mol. The summed E-state index contributed by atoms with van der Waals surface area (Å²) in [5.74, 6) is 2.10. The van der Waals surface area contributed by atoms with E-state index in [9.17, 15) is 4.39 Å². The van der Waals surface area contributed by atoms with Gasteiger partial charge in [-0.05, 0) is 105 Å². The molecule has 3 rings (SSSR count). The van der Waals surface area contributed by atoms with Gasteiger partial charge in [0.05, 0.1) is 0 Å². The summed E-state index contributed by atoms with van der Waals surface area (Å²) in [5.41, 5.74) is 3.05. The fraction of sp³-hybridized carbons (Fsp3) is 0.679. The molecule has 1 aromatic rings. The Balaban J connectivity index is 1.39. The normalized spacial score (nSPS) is 27.6. The summed E-state index contributed by atoms with van der Waals surface area (Å²) >= 11 is 0. The van der Waals surface area contributed by atoms with Crippen molar-refractivity contribution in [3.63, 3.8) is 0 Å². The molecular weight excluding hydrogens is 369 g/mol. The Bertz CT molecular complexity index is 682. The van der Waals surface area contributed by atoms with E-state index >= 15 is 0 Å². The van der Waals surface area contributed by atoms with E-state index in [1.54, 1.807) is 17.7 Å². The van der Waals surface area contributed by atoms with Crippen LogP contribution in [0.2, 0.25) is 0 Å². The first kappa shape index (κ1) is 23.1. The van der Waals surface area contributed by atoms with E-state index in [2.05, 4.69) is 31.2 Å². The number of hydrogen-bond acceptors (Lipinski definition) is 1. The van der Waals surface area contributed by atoms with Gasteiger partial charge in [-0.1, -0.05) is 56.9 Å². The number of nitriles is 1. The van der Waals surface area contributed by atoms with Crippen LogP contribution in [0.4, 0.5) is 4.39 Å². The second-order valence-electron chi connectivity index (χ2n) is 9.82. The molecule has 164 valence electrons. The van der Waals surface area contributed by atoms with E-state index in [-0.39, 0.29) is 5.92 Å². The zero-order valence-electron chi connectivity index (χ0n) is 18.9. The van der Waals surface area contributed by atoms with Crippen molar-refractivity contribution in [1.29, 1.82) is 5.26 Å². The van der Waals surface area contributed by atoms with E-state index < -0.39 is 5.83 Å². The Kier molecular flexibility index (Phi) is 9.44. The van der Waals surface area contributed by atoms with Crippen LogP contribution in [0.15, 0.2) is 36.2 Å². The molecule has 2 fully saturated rings. The summed E-state index contributed by atoms with van der Waals surface area (Å²) in [7, 11) is 0. The van der Waals surface area contributed by atoms with E-state index in [1.165, 1.54) is 82.6 Å². The molecule has 2 aliphatic rings. The highest BCUT2D eigenvalue weighted by atomic mass is 19.1. The summed E-state index contributed by atoms with van der Waals surface area (Å²) in [5, 5.41) is 8.63. The number of hydrogen-bond donors (Lipinski definition) is 0. The van der Waals surface area contributed by atoms with Gasteiger partial charge in [-0.3, -0.25) is 0 Å². The number of allylic oxidation sites excluding steroid dienone is 2. The number of unbranched alkanes of at least 4 members (excludes halogenated alkanes) is 4. The molecule has 1 aromatic carbocycles. The van der Waals surface area contributed by atoms with Crippen molar-refractivity contribution in [2.45, 2.75) is 103 Å². The zero-order chi connectivity index (χ0) is 21.2. The fourth-order valence-corrected chi connectivity index (χ4v) is 5.84. The molecule has 0 saturated heterocycles. The molecule has 0 N–H and O–H groups in total. The molecule has 0 aliphatic heterocycles. The highest BCUT2D eigenvalue weighted by molar-refractivity contribution is 5.26. The minimum absolute atomic E-state index is 0.280. The minimum atomic E-state index is -0.596. The van der Waals surface area contributed by atoms with E-state index in [4.69, 9.17) is 5.26 Å². The van der Waals surface area contributed by atoms with E-state index in [0.29, 0.717) is 0 Å². The van der Waals surface area contributed by atoms with Crippen LogP contribution in [-0.2, 0) is 6.42 Å².